The van der Waals surface area contributed by atoms with Gasteiger partial charge in [-0.2, -0.15) is 5.10 Å². The number of hydrogen-bond acceptors (Lipinski definition) is 3. The van der Waals surface area contributed by atoms with Crippen LogP contribution in [-0.4, -0.2) is 25.8 Å². The zero-order valence-corrected chi connectivity index (χ0v) is 6.12. The van der Waals surface area contributed by atoms with Crippen LogP contribution in [0.4, 0.5) is 0 Å². The van der Waals surface area contributed by atoms with Gasteiger partial charge in [0.15, 0.2) is 5.82 Å². The Bertz CT molecular complexity index is 201. The summed E-state index contributed by atoms with van der Waals surface area (Å²) in [5.74, 6) is 1.04. The Morgan fingerprint density at radius 2 is 2.50 bits per heavy atom. The van der Waals surface area contributed by atoms with Gasteiger partial charge in [0.2, 0.25) is 0 Å². The van der Waals surface area contributed by atoms with Crippen molar-refractivity contribution in [2.24, 2.45) is 0 Å². The Kier molecular flexibility index (Phi) is 2.65. The van der Waals surface area contributed by atoms with E-state index in [2.05, 4.69) is 10.1 Å². The van der Waals surface area contributed by atoms with Crippen LogP contribution >= 0.6 is 11.6 Å². The van der Waals surface area contributed by atoms with E-state index in [1.807, 2.05) is 0 Å². The smallest absolute Gasteiger partial charge is 0.152 e. The average Bonchev–Trinajstić information content (AvgIpc) is 2.36. The Labute approximate surface area is 63.5 Å². The topological polar surface area (TPSA) is 50.9 Å². The molecule has 4 nitrogen and oxygen atoms in total. The second kappa shape index (κ2) is 3.53. The van der Waals surface area contributed by atoms with E-state index < -0.39 is 0 Å². The molecule has 0 radical (unpaired) electrons. The first kappa shape index (κ1) is 7.50. The van der Waals surface area contributed by atoms with Gasteiger partial charge in [-0.05, 0) is 0 Å². The summed E-state index contributed by atoms with van der Waals surface area (Å²) in [7, 11) is 0. The third-order valence-electron chi connectivity index (χ3n) is 1.13. The molecular formula is C5H8ClN3O. The molecule has 0 unspecified atom stereocenters. The Morgan fingerprint density at radius 3 is 3.10 bits per heavy atom. The minimum atomic E-state index is -0.0864. The third kappa shape index (κ3) is 1.46. The minimum Gasteiger partial charge on any atom is -0.388 e. The van der Waals surface area contributed by atoms with Crippen LogP contribution in [-0.2, 0) is 13.2 Å². The van der Waals surface area contributed by atoms with E-state index >= 15 is 0 Å². The summed E-state index contributed by atoms with van der Waals surface area (Å²) in [4.78, 5) is 3.80. The minimum absolute atomic E-state index is 0.0864. The van der Waals surface area contributed by atoms with Crippen LogP contribution in [0.5, 0.6) is 0 Å². The van der Waals surface area contributed by atoms with Gasteiger partial charge in [0.1, 0.15) is 12.9 Å². The number of nitrogens with zero attached hydrogens (tertiary/aromatic N) is 3. The van der Waals surface area contributed by atoms with Crippen LogP contribution in [0.15, 0.2) is 6.33 Å². The van der Waals surface area contributed by atoms with Crippen molar-refractivity contribution in [3.63, 3.8) is 0 Å². The van der Waals surface area contributed by atoms with Crippen molar-refractivity contribution in [1.82, 2.24) is 14.8 Å². The van der Waals surface area contributed by atoms with Gasteiger partial charge in [-0.25, -0.2) is 9.67 Å². The van der Waals surface area contributed by atoms with Crippen molar-refractivity contribution >= 4 is 11.6 Å². The maximum absolute atomic E-state index is 8.67. The number of halogens is 1. The Hall–Kier alpha value is -0.610. The van der Waals surface area contributed by atoms with Gasteiger partial charge in [0.05, 0.1) is 6.54 Å². The molecule has 0 aliphatic heterocycles. The van der Waals surface area contributed by atoms with E-state index in [1.165, 1.54) is 6.33 Å². The van der Waals surface area contributed by atoms with E-state index in [9.17, 15) is 0 Å². The van der Waals surface area contributed by atoms with E-state index in [4.69, 9.17) is 16.7 Å². The number of hydrogen-bond donors (Lipinski definition) is 1. The number of aliphatic hydroxyl groups excluding tert-OH is 1. The quantitative estimate of drug-likeness (QED) is 0.636. The molecule has 0 saturated heterocycles. The largest absolute Gasteiger partial charge is 0.388 e. The molecule has 56 valence electrons. The molecule has 1 rings (SSSR count). The van der Waals surface area contributed by atoms with E-state index in [0.717, 1.165) is 0 Å². The molecule has 0 aliphatic carbocycles. The highest BCUT2D eigenvalue weighted by Gasteiger charge is 1.99. The first-order chi connectivity index (χ1) is 4.88. The molecule has 0 aliphatic rings. The summed E-state index contributed by atoms with van der Waals surface area (Å²) in [5, 5.41) is 12.5. The molecule has 10 heavy (non-hydrogen) atoms. The highest BCUT2D eigenvalue weighted by Crippen LogP contribution is 1.93. The molecule has 0 aromatic carbocycles. The van der Waals surface area contributed by atoms with Gasteiger partial charge in [0, 0.05) is 5.88 Å². The van der Waals surface area contributed by atoms with Crippen molar-refractivity contribution in [3.05, 3.63) is 12.2 Å². The van der Waals surface area contributed by atoms with Gasteiger partial charge in [-0.3, -0.25) is 0 Å². The molecular weight excluding hydrogens is 154 g/mol. The number of alkyl halides is 1. The van der Waals surface area contributed by atoms with Gasteiger partial charge in [-0.15, -0.1) is 11.6 Å². The van der Waals surface area contributed by atoms with Crippen LogP contribution < -0.4 is 0 Å². The summed E-state index contributed by atoms with van der Waals surface area (Å²) in [6, 6.07) is 0. The third-order valence-corrected chi connectivity index (χ3v) is 1.30. The molecule has 1 N–H and O–H groups in total. The molecule has 1 heterocycles. The van der Waals surface area contributed by atoms with Crippen molar-refractivity contribution in [1.29, 1.82) is 0 Å². The molecule has 0 fully saturated rings. The lowest BCUT2D eigenvalue weighted by Crippen LogP contribution is -2.06. The molecule has 1 aromatic rings. The molecule has 0 amide bonds. The maximum atomic E-state index is 8.67. The second-order valence-corrected chi connectivity index (χ2v) is 2.12. The molecule has 5 heteroatoms. The van der Waals surface area contributed by atoms with Crippen molar-refractivity contribution in [2.45, 2.75) is 13.2 Å². The number of rotatable bonds is 3. The van der Waals surface area contributed by atoms with Gasteiger partial charge < -0.3 is 5.11 Å². The van der Waals surface area contributed by atoms with Crippen molar-refractivity contribution in [2.75, 3.05) is 5.88 Å². The van der Waals surface area contributed by atoms with Gasteiger partial charge in [-0.1, -0.05) is 0 Å². The summed E-state index contributed by atoms with van der Waals surface area (Å²) < 4.78 is 1.58. The zero-order chi connectivity index (χ0) is 7.40. The highest BCUT2D eigenvalue weighted by atomic mass is 35.5. The van der Waals surface area contributed by atoms with Crippen LogP contribution in [0.1, 0.15) is 5.82 Å². The summed E-state index contributed by atoms with van der Waals surface area (Å²) in [5.41, 5.74) is 0. The average molecular weight is 162 g/mol. The van der Waals surface area contributed by atoms with Crippen molar-refractivity contribution in [3.8, 4) is 0 Å². The monoisotopic (exact) mass is 161 g/mol. The number of aromatic nitrogens is 3. The fraction of sp³-hybridized carbons (Fsp3) is 0.600. The fourth-order valence-corrected chi connectivity index (χ4v) is 0.837. The summed E-state index contributed by atoms with van der Waals surface area (Å²) >= 11 is 5.45. The second-order valence-electron chi connectivity index (χ2n) is 1.75. The Morgan fingerprint density at radius 1 is 1.70 bits per heavy atom. The molecule has 0 atom stereocenters. The summed E-state index contributed by atoms with van der Waals surface area (Å²) in [6.45, 7) is 0.508. The predicted octanol–water partition coefficient (Wildman–Crippen LogP) is 0.00920. The van der Waals surface area contributed by atoms with Crippen LogP contribution in [0.2, 0.25) is 0 Å². The fourth-order valence-electron chi connectivity index (χ4n) is 0.677. The maximum Gasteiger partial charge on any atom is 0.152 e. The first-order valence-corrected chi connectivity index (χ1v) is 3.45. The predicted molar refractivity (Wildman–Crippen MR) is 36.7 cm³/mol. The Balaban J connectivity index is 2.70. The van der Waals surface area contributed by atoms with E-state index in [0.29, 0.717) is 18.2 Å². The number of aliphatic hydroxyl groups is 1. The lowest BCUT2D eigenvalue weighted by atomic mass is 10.6. The first-order valence-electron chi connectivity index (χ1n) is 2.92. The molecule has 0 spiro atoms. The van der Waals surface area contributed by atoms with E-state index in [1.54, 1.807) is 4.68 Å². The summed E-state index contributed by atoms with van der Waals surface area (Å²) in [6.07, 6.45) is 1.40. The zero-order valence-electron chi connectivity index (χ0n) is 5.37. The van der Waals surface area contributed by atoms with Crippen LogP contribution in [0, 0.1) is 0 Å². The van der Waals surface area contributed by atoms with Gasteiger partial charge in [0.25, 0.3) is 0 Å². The normalized spacial score (nSPS) is 10.2. The van der Waals surface area contributed by atoms with Crippen molar-refractivity contribution < 1.29 is 5.11 Å². The van der Waals surface area contributed by atoms with E-state index in [-0.39, 0.29) is 6.61 Å². The standard InChI is InChI=1S/C5H8ClN3O/c6-1-2-9-5(3-10)7-4-8-9/h4,10H,1-3H2. The molecule has 0 bridgehead atoms. The van der Waals surface area contributed by atoms with Crippen LogP contribution in [0.25, 0.3) is 0 Å². The SMILES string of the molecule is OCc1ncnn1CCCl. The highest BCUT2D eigenvalue weighted by molar-refractivity contribution is 6.17. The number of aryl methyl sites for hydroxylation is 1. The molecule has 1 aromatic heterocycles. The van der Waals surface area contributed by atoms with Crippen LogP contribution in [0.3, 0.4) is 0 Å². The lowest BCUT2D eigenvalue weighted by molar-refractivity contribution is 0.263. The van der Waals surface area contributed by atoms with Gasteiger partial charge >= 0.3 is 0 Å². The lowest BCUT2D eigenvalue weighted by Gasteiger charge is -1.98. The molecule has 0 saturated carbocycles.